The third-order valence-electron chi connectivity index (χ3n) is 5.45. The number of hydrogen-bond acceptors (Lipinski definition) is 5. The van der Waals surface area contributed by atoms with Gasteiger partial charge in [0.1, 0.15) is 5.75 Å². The lowest BCUT2D eigenvalue weighted by molar-refractivity contribution is -0.123. The SMILES string of the molecule is CCC(C)c1ccccc1OCC(=O)NNC(=O)c1cccc(S(=O)(=O)NCc2ccccc2)c1. The first-order valence-corrected chi connectivity index (χ1v) is 12.7. The molecule has 1 atom stereocenters. The summed E-state index contributed by atoms with van der Waals surface area (Å²) in [7, 11) is -3.84. The van der Waals surface area contributed by atoms with Crippen LogP contribution >= 0.6 is 0 Å². The molecule has 3 N–H and O–H groups in total. The van der Waals surface area contributed by atoms with Gasteiger partial charge in [-0.3, -0.25) is 20.4 Å². The number of carbonyl (C=O) groups excluding carboxylic acids is 2. The van der Waals surface area contributed by atoms with Gasteiger partial charge in [0.2, 0.25) is 10.0 Å². The van der Waals surface area contributed by atoms with Gasteiger partial charge in [0.15, 0.2) is 6.61 Å². The quantitative estimate of drug-likeness (QED) is 0.373. The van der Waals surface area contributed by atoms with Gasteiger partial charge in [-0.2, -0.15) is 0 Å². The molecule has 0 fully saturated rings. The standard InChI is InChI=1S/C26H29N3O5S/c1-3-19(2)23-14-7-8-15-24(23)34-18-25(30)28-29-26(31)21-12-9-13-22(16-21)35(32,33)27-17-20-10-5-4-6-11-20/h4-16,19,27H,3,17-18H2,1-2H3,(H,28,30)(H,29,31). The monoisotopic (exact) mass is 495 g/mol. The second kappa shape index (κ2) is 12.1. The fourth-order valence-electron chi connectivity index (χ4n) is 3.28. The normalized spacial score (nSPS) is 11.9. The van der Waals surface area contributed by atoms with Crippen molar-refractivity contribution in [2.24, 2.45) is 0 Å². The van der Waals surface area contributed by atoms with Gasteiger partial charge in [0, 0.05) is 12.1 Å². The van der Waals surface area contributed by atoms with Gasteiger partial charge in [-0.25, -0.2) is 13.1 Å². The molecular weight excluding hydrogens is 466 g/mol. The Morgan fingerprint density at radius 2 is 1.63 bits per heavy atom. The Morgan fingerprint density at radius 3 is 2.37 bits per heavy atom. The summed E-state index contributed by atoms with van der Waals surface area (Å²) in [6, 6.07) is 22.1. The maximum atomic E-state index is 12.6. The van der Waals surface area contributed by atoms with Crippen LogP contribution in [-0.2, 0) is 21.4 Å². The van der Waals surface area contributed by atoms with Crippen molar-refractivity contribution in [1.82, 2.24) is 15.6 Å². The van der Waals surface area contributed by atoms with E-state index in [0.29, 0.717) is 5.75 Å². The van der Waals surface area contributed by atoms with E-state index in [1.165, 1.54) is 24.3 Å². The highest BCUT2D eigenvalue weighted by Crippen LogP contribution is 2.28. The number of ether oxygens (including phenoxy) is 1. The summed E-state index contributed by atoms with van der Waals surface area (Å²) >= 11 is 0. The Morgan fingerprint density at radius 1 is 0.914 bits per heavy atom. The predicted molar refractivity (Wildman–Crippen MR) is 133 cm³/mol. The van der Waals surface area contributed by atoms with Crippen molar-refractivity contribution in [2.75, 3.05) is 6.61 Å². The van der Waals surface area contributed by atoms with Crippen molar-refractivity contribution in [1.29, 1.82) is 0 Å². The Kier molecular flexibility index (Phi) is 8.99. The van der Waals surface area contributed by atoms with Gasteiger partial charge in [0.25, 0.3) is 11.8 Å². The van der Waals surface area contributed by atoms with Crippen LogP contribution in [0.4, 0.5) is 0 Å². The molecule has 3 rings (SSSR count). The topological polar surface area (TPSA) is 114 Å². The fourth-order valence-corrected chi connectivity index (χ4v) is 4.34. The first-order chi connectivity index (χ1) is 16.8. The van der Waals surface area contributed by atoms with Crippen LogP contribution < -0.4 is 20.3 Å². The number of hydrogen-bond donors (Lipinski definition) is 3. The Bertz CT molecular complexity index is 1260. The Balaban J connectivity index is 1.55. The molecule has 0 saturated carbocycles. The molecule has 0 aliphatic carbocycles. The maximum absolute atomic E-state index is 12.6. The molecule has 1 unspecified atom stereocenters. The average molecular weight is 496 g/mol. The van der Waals surface area contributed by atoms with Crippen LogP contribution in [0, 0.1) is 0 Å². The molecule has 0 spiro atoms. The minimum atomic E-state index is -3.84. The minimum absolute atomic E-state index is 0.0580. The molecule has 184 valence electrons. The summed E-state index contributed by atoms with van der Waals surface area (Å²) in [6.45, 7) is 3.98. The van der Waals surface area contributed by atoms with Crippen molar-refractivity contribution in [3.05, 3.63) is 95.6 Å². The zero-order valence-corrected chi connectivity index (χ0v) is 20.5. The smallest absolute Gasteiger partial charge is 0.276 e. The molecule has 2 amide bonds. The lowest BCUT2D eigenvalue weighted by atomic mass is 9.98. The predicted octanol–water partition coefficient (Wildman–Crippen LogP) is 3.52. The van der Waals surface area contributed by atoms with E-state index in [2.05, 4.69) is 29.4 Å². The highest BCUT2D eigenvalue weighted by atomic mass is 32.2. The van der Waals surface area contributed by atoms with Crippen LogP contribution in [0.15, 0.2) is 83.8 Å². The maximum Gasteiger partial charge on any atom is 0.276 e. The molecule has 0 heterocycles. The summed E-state index contributed by atoms with van der Waals surface area (Å²) < 4.78 is 33.4. The molecule has 0 aliphatic rings. The van der Waals surface area contributed by atoms with E-state index >= 15 is 0 Å². The van der Waals surface area contributed by atoms with E-state index in [9.17, 15) is 18.0 Å². The lowest BCUT2D eigenvalue weighted by Crippen LogP contribution is -2.43. The van der Waals surface area contributed by atoms with Gasteiger partial charge in [-0.05, 0) is 47.7 Å². The Hall–Kier alpha value is -3.69. The van der Waals surface area contributed by atoms with E-state index in [0.717, 1.165) is 17.5 Å². The Labute approximate surface area is 205 Å². The van der Waals surface area contributed by atoms with Crippen LogP contribution in [-0.4, -0.2) is 26.8 Å². The number of nitrogens with one attached hydrogen (secondary N) is 3. The zero-order chi connectivity index (χ0) is 25.3. The molecule has 3 aromatic carbocycles. The third kappa shape index (κ3) is 7.40. The van der Waals surface area contributed by atoms with Gasteiger partial charge in [0.05, 0.1) is 4.90 Å². The molecule has 0 radical (unpaired) electrons. The second-order valence-electron chi connectivity index (χ2n) is 7.98. The average Bonchev–Trinajstić information content (AvgIpc) is 2.89. The lowest BCUT2D eigenvalue weighted by Gasteiger charge is -2.15. The van der Waals surface area contributed by atoms with Crippen molar-refractivity contribution in [2.45, 2.75) is 37.6 Å². The molecule has 0 saturated heterocycles. The number of benzene rings is 3. The number of sulfonamides is 1. The molecule has 0 bridgehead atoms. The van der Waals surface area contributed by atoms with Crippen molar-refractivity contribution < 1.29 is 22.7 Å². The van der Waals surface area contributed by atoms with Crippen LogP contribution in [0.25, 0.3) is 0 Å². The van der Waals surface area contributed by atoms with E-state index in [4.69, 9.17) is 4.74 Å². The van der Waals surface area contributed by atoms with Crippen LogP contribution in [0.5, 0.6) is 5.75 Å². The van der Waals surface area contributed by atoms with Crippen LogP contribution in [0.1, 0.15) is 47.7 Å². The summed E-state index contributed by atoms with van der Waals surface area (Å²) in [5.74, 6) is -0.312. The molecule has 8 nitrogen and oxygen atoms in total. The molecule has 0 aliphatic heterocycles. The van der Waals surface area contributed by atoms with Crippen molar-refractivity contribution in [3.8, 4) is 5.75 Å². The van der Waals surface area contributed by atoms with E-state index in [1.807, 2.05) is 48.5 Å². The van der Waals surface area contributed by atoms with Crippen molar-refractivity contribution >= 4 is 21.8 Å². The summed E-state index contributed by atoms with van der Waals surface area (Å²) in [6.07, 6.45) is 0.930. The summed E-state index contributed by atoms with van der Waals surface area (Å²) in [4.78, 5) is 24.6. The van der Waals surface area contributed by atoms with Gasteiger partial charge in [-0.1, -0.05) is 68.4 Å². The molecular formula is C26H29N3O5S. The van der Waals surface area contributed by atoms with Gasteiger partial charge in [-0.15, -0.1) is 0 Å². The van der Waals surface area contributed by atoms with Crippen LogP contribution in [0.2, 0.25) is 0 Å². The third-order valence-corrected chi connectivity index (χ3v) is 6.85. The number of hydrazine groups is 1. The highest BCUT2D eigenvalue weighted by molar-refractivity contribution is 7.89. The molecule has 3 aromatic rings. The summed E-state index contributed by atoms with van der Waals surface area (Å²) in [5.41, 5.74) is 6.47. The first kappa shape index (κ1) is 25.9. The van der Waals surface area contributed by atoms with E-state index < -0.39 is 21.8 Å². The number of amides is 2. The van der Waals surface area contributed by atoms with Gasteiger partial charge >= 0.3 is 0 Å². The van der Waals surface area contributed by atoms with E-state index in [1.54, 1.807) is 6.07 Å². The molecule has 9 heteroatoms. The minimum Gasteiger partial charge on any atom is -0.483 e. The molecule has 0 aromatic heterocycles. The van der Waals surface area contributed by atoms with Crippen LogP contribution in [0.3, 0.4) is 0 Å². The van der Waals surface area contributed by atoms with E-state index in [-0.39, 0.29) is 29.5 Å². The number of para-hydroxylation sites is 1. The van der Waals surface area contributed by atoms with Crippen molar-refractivity contribution in [3.63, 3.8) is 0 Å². The number of rotatable bonds is 10. The largest absolute Gasteiger partial charge is 0.483 e. The van der Waals surface area contributed by atoms with Gasteiger partial charge < -0.3 is 4.74 Å². The second-order valence-corrected chi connectivity index (χ2v) is 9.74. The zero-order valence-electron chi connectivity index (χ0n) is 19.7. The summed E-state index contributed by atoms with van der Waals surface area (Å²) in [5, 5.41) is 0. The highest BCUT2D eigenvalue weighted by Gasteiger charge is 2.17. The molecule has 35 heavy (non-hydrogen) atoms. The first-order valence-electron chi connectivity index (χ1n) is 11.2. The number of carbonyl (C=O) groups is 2. The fraction of sp³-hybridized carbons (Fsp3) is 0.231.